The Bertz CT molecular complexity index is 404. The monoisotopic (exact) mass is 269 g/mol. The Morgan fingerprint density at radius 2 is 2.06 bits per heavy atom. The third kappa shape index (κ3) is 2.96. The minimum Gasteiger partial charge on any atom is -0.326 e. The first kappa shape index (κ1) is 12.8. The van der Waals surface area contributed by atoms with Gasteiger partial charge in [0.1, 0.15) is 5.37 Å². The fraction of sp³-hybridized carbons (Fsp3) is 0.462. The Labute approximate surface area is 111 Å². The maximum atomic E-state index is 11.8. The molecule has 0 aromatic heterocycles. The quantitative estimate of drug-likeness (QED) is 0.836. The summed E-state index contributed by atoms with van der Waals surface area (Å²) in [6.07, 6.45) is 0. The molecule has 1 fully saturated rings. The Kier molecular flexibility index (Phi) is 4.00. The second-order valence-electron chi connectivity index (χ2n) is 4.65. The molecule has 92 valence electrons. The Hall–Kier alpha value is -0.670. The zero-order valence-corrected chi connectivity index (χ0v) is 11.6. The van der Waals surface area contributed by atoms with E-state index in [9.17, 15) is 4.79 Å². The van der Waals surface area contributed by atoms with Crippen LogP contribution in [-0.2, 0) is 4.79 Å². The summed E-state index contributed by atoms with van der Waals surface area (Å²) in [7, 11) is 0. The van der Waals surface area contributed by atoms with Crippen molar-refractivity contribution < 1.29 is 4.79 Å². The zero-order chi connectivity index (χ0) is 12.4. The summed E-state index contributed by atoms with van der Waals surface area (Å²) in [6, 6.07) is 7.78. The van der Waals surface area contributed by atoms with E-state index in [-0.39, 0.29) is 11.3 Å². The molecule has 4 heteroatoms. The van der Waals surface area contributed by atoms with E-state index in [1.54, 1.807) is 11.8 Å². The molecule has 2 nitrogen and oxygen atoms in total. The average Bonchev–Trinajstić information content (AvgIpc) is 2.61. The van der Waals surface area contributed by atoms with E-state index in [0.29, 0.717) is 11.7 Å². The molecule has 1 aromatic carbocycles. The Morgan fingerprint density at radius 3 is 2.65 bits per heavy atom. The fourth-order valence-corrected chi connectivity index (χ4v) is 3.27. The van der Waals surface area contributed by atoms with Gasteiger partial charge in [0.05, 0.1) is 5.75 Å². The van der Waals surface area contributed by atoms with Crippen LogP contribution in [0.2, 0.25) is 5.02 Å². The molecule has 0 saturated carbocycles. The second kappa shape index (κ2) is 5.32. The van der Waals surface area contributed by atoms with E-state index in [1.807, 2.05) is 29.2 Å². The third-order valence-corrected chi connectivity index (χ3v) is 4.19. The fourth-order valence-electron chi connectivity index (χ4n) is 1.95. The molecule has 1 aromatic rings. The van der Waals surface area contributed by atoms with Gasteiger partial charge in [0.15, 0.2) is 0 Å². The Morgan fingerprint density at radius 1 is 1.41 bits per heavy atom. The molecule has 0 spiro atoms. The number of hydrogen-bond donors (Lipinski definition) is 0. The number of benzene rings is 1. The van der Waals surface area contributed by atoms with Gasteiger partial charge in [-0.1, -0.05) is 37.6 Å². The smallest absolute Gasteiger partial charge is 0.233 e. The van der Waals surface area contributed by atoms with Crippen molar-refractivity contribution in [3.63, 3.8) is 0 Å². The number of carbonyl (C=O) groups excluding carboxylic acids is 1. The van der Waals surface area contributed by atoms with Gasteiger partial charge in [-0.25, -0.2) is 0 Å². The normalized spacial score (nSPS) is 20.4. The van der Waals surface area contributed by atoms with Crippen LogP contribution in [0.25, 0.3) is 0 Å². The summed E-state index contributed by atoms with van der Waals surface area (Å²) in [6.45, 7) is 5.09. The molecular weight excluding hydrogens is 254 g/mol. The molecule has 2 rings (SSSR count). The van der Waals surface area contributed by atoms with Crippen LogP contribution in [0.4, 0.5) is 0 Å². The third-order valence-electron chi connectivity index (χ3n) is 2.69. The van der Waals surface area contributed by atoms with Crippen molar-refractivity contribution >= 4 is 29.3 Å². The molecule has 1 saturated heterocycles. The summed E-state index contributed by atoms with van der Waals surface area (Å²) >= 11 is 7.57. The van der Waals surface area contributed by atoms with Crippen molar-refractivity contribution in [3.05, 3.63) is 34.9 Å². The van der Waals surface area contributed by atoms with E-state index in [0.717, 1.165) is 17.1 Å². The van der Waals surface area contributed by atoms with Gasteiger partial charge in [-0.15, -0.1) is 11.8 Å². The maximum absolute atomic E-state index is 11.8. The lowest BCUT2D eigenvalue weighted by atomic mass is 10.1. The van der Waals surface area contributed by atoms with Gasteiger partial charge in [-0.05, 0) is 23.6 Å². The molecule has 1 aliphatic heterocycles. The van der Waals surface area contributed by atoms with E-state index in [2.05, 4.69) is 13.8 Å². The van der Waals surface area contributed by atoms with Crippen LogP contribution in [0.3, 0.4) is 0 Å². The zero-order valence-electron chi connectivity index (χ0n) is 10.0. The van der Waals surface area contributed by atoms with Gasteiger partial charge < -0.3 is 4.90 Å². The van der Waals surface area contributed by atoms with Crippen LogP contribution < -0.4 is 0 Å². The number of nitrogens with zero attached hydrogens (tertiary/aromatic N) is 1. The Balaban J connectivity index is 2.19. The van der Waals surface area contributed by atoms with Crippen molar-refractivity contribution in [2.45, 2.75) is 19.2 Å². The van der Waals surface area contributed by atoms with Crippen LogP contribution in [-0.4, -0.2) is 23.1 Å². The molecule has 1 aliphatic rings. The molecule has 1 atom stereocenters. The highest BCUT2D eigenvalue weighted by atomic mass is 35.5. The molecule has 1 amide bonds. The SMILES string of the molecule is CC(C)CN1C(=O)CSC1c1ccc(Cl)cc1. The van der Waals surface area contributed by atoms with Crippen molar-refractivity contribution in [1.29, 1.82) is 0 Å². The summed E-state index contributed by atoms with van der Waals surface area (Å²) in [5, 5.41) is 0.889. The first-order valence-corrected chi connectivity index (χ1v) is 7.17. The van der Waals surface area contributed by atoms with Gasteiger partial charge in [-0.3, -0.25) is 4.79 Å². The molecule has 0 N–H and O–H groups in total. The van der Waals surface area contributed by atoms with Crippen LogP contribution >= 0.6 is 23.4 Å². The van der Waals surface area contributed by atoms with Crippen molar-refractivity contribution in [1.82, 2.24) is 4.90 Å². The van der Waals surface area contributed by atoms with Crippen LogP contribution in [0.5, 0.6) is 0 Å². The summed E-state index contributed by atoms with van der Waals surface area (Å²) in [4.78, 5) is 13.8. The minimum atomic E-state index is 0.155. The predicted molar refractivity (Wildman–Crippen MR) is 73.2 cm³/mol. The van der Waals surface area contributed by atoms with E-state index >= 15 is 0 Å². The first-order valence-electron chi connectivity index (χ1n) is 5.74. The highest BCUT2D eigenvalue weighted by Crippen LogP contribution is 2.39. The van der Waals surface area contributed by atoms with E-state index < -0.39 is 0 Å². The van der Waals surface area contributed by atoms with Crippen LogP contribution in [0.1, 0.15) is 24.8 Å². The van der Waals surface area contributed by atoms with E-state index in [4.69, 9.17) is 11.6 Å². The molecular formula is C13H16ClNOS. The molecule has 1 unspecified atom stereocenters. The predicted octanol–water partition coefficient (Wildman–Crippen LogP) is 3.57. The van der Waals surface area contributed by atoms with Crippen molar-refractivity contribution in [2.75, 3.05) is 12.3 Å². The highest BCUT2D eigenvalue weighted by molar-refractivity contribution is 8.00. The summed E-state index contributed by atoms with van der Waals surface area (Å²) in [5.41, 5.74) is 1.16. The lowest BCUT2D eigenvalue weighted by molar-refractivity contribution is -0.128. The molecule has 0 bridgehead atoms. The highest BCUT2D eigenvalue weighted by Gasteiger charge is 2.32. The summed E-state index contributed by atoms with van der Waals surface area (Å²) < 4.78 is 0. The lowest BCUT2D eigenvalue weighted by Gasteiger charge is -2.25. The topological polar surface area (TPSA) is 20.3 Å². The summed E-state index contributed by atoms with van der Waals surface area (Å²) in [5.74, 6) is 1.32. The maximum Gasteiger partial charge on any atom is 0.233 e. The minimum absolute atomic E-state index is 0.155. The number of halogens is 1. The van der Waals surface area contributed by atoms with Gasteiger partial charge in [0.25, 0.3) is 0 Å². The van der Waals surface area contributed by atoms with Gasteiger partial charge in [-0.2, -0.15) is 0 Å². The standard InChI is InChI=1S/C13H16ClNOS/c1-9(2)7-15-12(16)8-17-13(15)10-3-5-11(14)6-4-10/h3-6,9,13H,7-8H2,1-2H3. The molecule has 0 aliphatic carbocycles. The van der Waals surface area contributed by atoms with Gasteiger partial charge in [0.2, 0.25) is 5.91 Å². The lowest BCUT2D eigenvalue weighted by Crippen LogP contribution is -2.31. The average molecular weight is 270 g/mol. The molecule has 0 radical (unpaired) electrons. The van der Waals surface area contributed by atoms with Crippen LogP contribution in [0.15, 0.2) is 24.3 Å². The first-order chi connectivity index (χ1) is 8.08. The molecule has 1 heterocycles. The number of rotatable bonds is 3. The van der Waals surface area contributed by atoms with Crippen molar-refractivity contribution in [3.8, 4) is 0 Å². The second-order valence-corrected chi connectivity index (χ2v) is 6.16. The number of carbonyl (C=O) groups is 1. The largest absolute Gasteiger partial charge is 0.326 e. The number of amides is 1. The molecule has 17 heavy (non-hydrogen) atoms. The van der Waals surface area contributed by atoms with Crippen molar-refractivity contribution in [2.24, 2.45) is 5.92 Å². The van der Waals surface area contributed by atoms with Crippen LogP contribution in [0, 0.1) is 5.92 Å². The van der Waals surface area contributed by atoms with Gasteiger partial charge in [0, 0.05) is 11.6 Å². The van der Waals surface area contributed by atoms with E-state index in [1.165, 1.54) is 0 Å². The van der Waals surface area contributed by atoms with Gasteiger partial charge >= 0.3 is 0 Å². The number of thioether (sulfide) groups is 1. The number of hydrogen-bond acceptors (Lipinski definition) is 2.